The van der Waals surface area contributed by atoms with Gasteiger partial charge >= 0.3 is 0 Å². The fourth-order valence-corrected chi connectivity index (χ4v) is 4.93. The van der Waals surface area contributed by atoms with Gasteiger partial charge in [0, 0.05) is 36.0 Å². The zero-order chi connectivity index (χ0) is 27.0. The van der Waals surface area contributed by atoms with Crippen molar-refractivity contribution in [2.75, 3.05) is 17.6 Å². The maximum atomic E-state index is 13.1. The number of nitrogens with one attached hydrogen (secondary N) is 1. The molecule has 1 saturated heterocycles. The Hall–Kier alpha value is -4.97. The van der Waals surface area contributed by atoms with Gasteiger partial charge in [0.05, 0.1) is 17.1 Å². The van der Waals surface area contributed by atoms with Crippen LogP contribution in [0.4, 0.5) is 11.5 Å². The number of nitrogens with zero attached hydrogens (tertiary/aromatic N) is 5. The number of aromatic nitrogens is 3. The lowest BCUT2D eigenvalue weighted by Crippen LogP contribution is -2.34. The van der Waals surface area contributed by atoms with Crippen LogP contribution in [0.3, 0.4) is 0 Å². The molecule has 3 N–H and O–H groups in total. The summed E-state index contributed by atoms with van der Waals surface area (Å²) in [7, 11) is 1.91. The highest BCUT2D eigenvalue weighted by molar-refractivity contribution is 6.08. The Balaban J connectivity index is 1.58. The molecule has 3 heterocycles. The van der Waals surface area contributed by atoms with Crippen LogP contribution in [0.5, 0.6) is 0 Å². The van der Waals surface area contributed by atoms with Crippen molar-refractivity contribution in [3.05, 3.63) is 72.6 Å². The minimum Gasteiger partial charge on any atom is -0.383 e. The molecule has 1 aliphatic heterocycles. The van der Waals surface area contributed by atoms with Gasteiger partial charge in [0.1, 0.15) is 23.8 Å². The lowest BCUT2D eigenvalue weighted by Gasteiger charge is -2.19. The van der Waals surface area contributed by atoms with Gasteiger partial charge in [-0.25, -0.2) is 9.97 Å². The third-order valence-electron chi connectivity index (χ3n) is 6.88. The molecule has 0 spiro atoms. The molecule has 0 saturated carbocycles. The predicted molar refractivity (Wildman–Crippen MR) is 147 cm³/mol. The molecule has 0 unspecified atom stereocenters. The number of fused-ring (bicyclic) bond motifs is 1. The molecule has 0 radical (unpaired) electrons. The van der Waals surface area contributed by atoms with E-state index in [1.807, 2.05) is 48.0 Å². The number of anilines is 2. The summed E-state index contributed by atoms with van der Waals surface area (Å²) in [6.07, 6.45) is 2.97. The van der Waals surface area contributed by atoms with Gasteiger partial charge in [-0.2, -0.15) is 5.26 Å². The number of carbonyl (C=O) groups is 2. The summed E-state index contributed by atoms with van der Waals surface area (Å²) in [5, 5.41) is 12.9. The van der Waals surface area contributed by atoms with E-state index in [9.17, 15) is 14.9 Å². The van der Waals surface area contributed by atoms with Gasteiger partial charge in [0.2, 0.25) is 0 Å². The van der Waals surface area contributed by atoms with Gasteiger partial charge in [-0.1, -0.05) is 30.8 Å². The first-order valence-corrected chi connectivity index (χ1v) is 12.3. The average molecular weight is 506 g/mol. The van der Waals surface area contributed by atoms with E-state index in [1.165, 1.54) is 6.33 Å². The van der Waals surface area contributed by atoms with Gasteiger partial charge in [0.15, 0.2) is 0 Å². The van der Waals surface area contributed by atoms with Crippen molar-refractivity contribution >= 4 is 34.4 Å². The number of hydrogen-bond donors (Lipinski definition) is 2. The smallest absolute Gasteiger partial charge is 0.254 e. The molecule has 1 atom stereocenters. The van der Waals surface area contributed by atoms with E-state index in [1.54, 1.807) is 24.0 Å². The number of nitrogens with two attached hydrogens (primary N) is 1. The Morgan fingerprint density at radius 3 is 2.45 bits per heavy atom. The topological polar surface area (TPSA) is 130 Å². The molecule has 2 amide bonds. The third kappa shape index (κ3) is 4.26. The molecular formula is C29H27N7O2. The van der Waals surface area contributed by atoms with Gasteiger partial charge in [0.25, 0.3) is 11.8 Å². The summed E-state index contributed by atoms with van der Waals surface area (Å²) < 4.78 is 1.96. The van der Waals surface area contributed by atoms with Crippen molar-refractivity contribution in [3.8, 4) is 28.5 Å². The van der Waals surface area contributed by atoms with E-state index in [0.29, 0.717) is 46.6 Å². The number of benzene rings is 2. The van der Waals surface area contributed by atoms with Crippen LogP contribution in [0, 0.1) is 11.3 Å². The monoisotopic (exact) mass is 505 g/mol. The second kappa shape index (κ2) is 9.82. The fourth-order valence-electron chi connectivity index (χ4n) is 4.93. The van der Waals surface area contributed by atoms with E-state index in [2.05, 4.69) is 27.9 Å². The Bertz CT molecular complexity index is 1610. The van der Waals surface area contributed by atoms with Crippen molar-refractivity contribution in [1.82, 2.24) is 19.4 Å². The maximum absolute atomic E-state index is 13.1. The summed E-state index contributed by atoms with van der Waals surface area (Å²) in [6, 6.07) is 16.7. The number of amides is 2. The van der Waals surface area contributed by atoms with Gasteiger partial charge in [-0.15, -0.1) is 0 Å². The molecule has 1 aliphatic rings. The van der Waals surface area contributed by atoms with Crippen molar-refractivity contribution < 1.29 is 9.59 Å². The zero-order valence-corrected chi connectivity index (χ0v) is 21.2. The van der Waals surface area contributed by atoms with Crippen LogP contribution in [0.2, 0.25) is 0 Å². The van der Waals surface area contributed by atoms with Crippen molar-refractivity contribution in [1.29, 1.82) is 5.26 Å². The molecule has 2 aromatic heterocycles. The van der Waals surface area contributed by atoms with Crippen molar-refractivity contribution in [3.63, 3.8) is 0 Å². The van der Waals surface area contributed by atoms with Crippen molar-refractivity contribution in [2.45, 2.75) is 25.8 Å². The second-order valence-electron chi connectivity index (χ2n) is 9.41. The predicted octanol–water partition coefficient (Wildman–Crippen LogP) is 4.53. The van der Waals surface area contributed by atoms with Crippen molar-refractivity contribution in [2.24, 2.45) is 7.05 Å². The van der Waals surface area contributed by atoms with Gasteiger partial charge in [-0.05, 0) is 55.2 Å². The first-order chi connectivity index (χ1) is 18.3. The largest absolute Gasteiger partial charge is 0.383 e. The molecule has 0 aliphatic carbocycles. The van der Waals surface area contributed by atoms with E-state index < -0.39 is 0 Å². The Morgan fingerprint density at radius 2 is 1.79 bits per heavy atom. The molecule has 0 bridgehead atoms. The standard InChI is InChI=1S/C29H27N7O2/c1-17(2)28(37)34-21-12-10-19(11-13-21)25-23(24-26(31)32-16-33-27(24)35(25)3)18-6-8-20(9-7-18)29(38)36-14-4-5-22(36)15-30/h6-13,16,22H,1,4-5,14H2,2-3H3,(H,34,37)(H2,31,32,33)/t22-/m0/s1. The second-order valence-corrected chi connectivity index (χ2v) is 9.41. The van der Waals surface area contributed by atoms with E-state index >= 15 is 0 Å². The highest BCUT2D eigenvalue weighted by Gasteiger charge is 2.29. The summed E-state index contributed by atoms with van der Waals surface area (Å²) in [5.41, 5.74) is 12.1. The molecule has 4 aromatic rings. The highest BCUT2D eigenvalue weighted by Crippen LogP contribution is 2.41. The number of nitrogen functional groups attached to an aromatic ring is 1. The Morgan fingerprint density at radius 1 is 1.11 bits per heavy atom. The van der Waals surface area contributed by atoms with Crippen LogP contribution in [0.15, 0.2) is 67.0 Å². The number of rotatable bonds is 5. The highest BCUT2D eigenvalue weighted by atomic mass is 16.2. The summed E-state index contributed by atoms with van der Waals surface area (Å²) in [5.74, 6) is -0.0315. The number of likely N-dealkylation sites (tertiary alicyclic amines) is 1. The summed E-state index contributed by atoms with van der Waals surface area (Å²) >= 11 is 0. The summed E-state index contributed by atoms with van der Waals surface area (Å²) in [6.45, 7) is 5.92. The zero-order valence-electron chi connectivity index (χ0n) is 21.2. The normalized spacial score (nSPS) is 14.9. The average Bonchev–Trinajstić information content (AvgIpc) is 3.52. The van der Waals surface area contributed by atoms with Crippen LogP contribution >= 0.6 is 0 Å². The van der Waals surface area contributed by atoms with E-state index in [4.69, 9.17) is 5.73 Å². The fraction of sp³-hybridized carbons (Fsp3) is 0.207. The first-order valence-electron chi connectivity index (χ1n) is 12.3. The molecule has 190 valence electrons. The van der Waals surface area contributed by atoms with E-state index in [-0.39, 0.29) is 17.9 Å². The molecule has 38 heavy (non-hydrogen) atoms. The molecule has 9 heteroatoms. The molecule has 1 fully saturated rings. The van der Waals surface area contributed by atoms with E-state index in [0.717, 1.165) is 28.8 Å². The Labute approximate surface area is 220 Å². The van der Waals surface area contributed by atoms with Gasteiger partial charge < -0.3 is 20.5 Å². The minimum atomic E-state index is -0.382. The molecule has 5 rings (SSSR count). The van der Waals surface area contributed by atoms with Crippen LogP contribution in [-0.4, -0.2) is 43.8 Å². The molecule has 9 nitrogen and oxygen atoms in total. The SMILES string of the molecule is C=C(C)C(=O)Nc1ccc(-c2c(-c3ccc(C(=O)N4CCC[C@H]4C#N)cc3)c3c(N)ncnc3n2C)cc1. The first kappa shape index (κ1) is 24.7. The lowest BCUT2D eigenvalue weighted by molar-refractivity contribution is -0.112. The number of hydrogen-bond acceptors (Lipinski definition) is 6. The number of nitriles is 1. The van der Waals surface area contributed by atoms with Crippen LogP contribution in [0.25, 0.3) is 33.4 Å². The minimum absolute atomic E-state index is 0.144. The van der Waals surface area contributed by atoms with Gasteiger partial charge in [-0.3, -0.25) is 9.59 Å². The maximum Gasteiger partial charge on any atom is 0.254 e. The Kier molecular flexibility index (Phi) is 6.39. The number of aryl methyl sites for hydroxylation is 1. The quantitative estimate of drug-likeness (QED) is 0.383. The summed E-state index contributed by atoms with van der Waals surface area (Å²) in [4.78, 5) is 35.4. The molecular weight excluding hydrogens is 478 g/mol. The van der Waals surface area contributed by atoms with Crippen LogP contribution in [0.1, 0.15) is 30.1 Å². The van der Waals surface area contributed by atoms with Crippen LogP contribution < -0.4 is 11.1 Å². The molecule has 2 aromatic carbocycles. The van der Waals surface area contributed by atoms with Crippen LogP contribution in [-0.2, 0) is 11.8 Å². The lowest BCUT2D eigenvalue weighted by atomic mass is 9.97. The third-order valence-corrected chi connectivity index (χ3v) is 6.88. The number of carbonyl (C=O) groups excluding carboxylic acids is 2.